The fraction of sp³-hybridized carbons (Fsp3) is 0. The van der Waals surface area contributed by atoms with Gasteiger partial charge >= 0.3 is 0 Å². The number of fused-ring (bicyclic) bond motifs is 1. The first-order valence-electron chi connectivity index (χ1n) is 3.51. The van der Waals surface area contributed by atoms with Crippen molar-refractivity contribution in [3.8, 4) is 0 Å². The molecule has 62 valence electrons. The number of hydrazine groups is 1. The van der Waals surface area contributed by atoms with Gasteiger partial charge in [0, 0.05) is 5.69 Å². The molecule has 1 aromatic heterocycles. The van der Waals surface area contributed by atoms with Crippen LogP contribution in [-0.2, 0) is 0 Å². The number of nitrogens with two attached hydrogens (primary N) is 2. The van der Waals surface area contributed by atoms with E-state index in [-0.39, 0.29) is 0 Å². The van der Waals surface area contributed by atoms with Gasteiger partial charge in [0.1, 0.15) is 0 Å². The van der Waals surface area contributed by atoms with Gasteiger partial charge in [-0.25, -0.2) is 10.8 Å². The first-order chi connectivity index (χ1) is 5.79. The number of anilines is 2. The zero-order valence-corrected chi connectivity index (χ0v) is 6.33. The van der Waals surface area contributed by atoms with Crippen LogP contribution in [0, 0.1) is 0 Å². The summed E-state index contributed by atoms with van der Waals surface area (Å²) < 4.78 is 0. The molecular formula is C7H9N5. The standard InChI is InChI=1S/C7H9N5/c8-4-1-2-5-6(3-4)11-7(10-5)12-9/h1-3H,8-9H2,(H2,10,11,12). The van der Waals surface area contributed by atoms with Gasteiger partial charge in [-0.3, -0.25) is 5.43 Å². The average molecular weight is 163 g/mol. The summed E-state index contributed by atoms with van der Waals surface area (Å²) in [5.41, 5.74) is 10.4. The van der Waals surface area contributed by atoms with Crippen LogP contribution in [0.2, 0.25) is 0 Å². The van der Waals surface area contributed by atoms with Gasteiger partial charge in [-0.2, -0.15) is 0 Å². The summed E-state index contributed by atoms with van der Waals surface area (Å²) >= 11 is 0. The second-order valence-electron chi connectivity index (χ2n) is 2.51. The topological polar surface area (TPSA) is 92.8 Å². The normalized spacial score (nSPS) is 10.4. The lowest BCUT2D eigenvalue weighted by molar-refractivity contribution is 1.21. The van der Waals surface area contributed by atoms with E-state index in [9.17, 15) is 0 Å². The van der Waals surface area contributed by atoms with Crippen LogP contribution in [0.15, 0.2) is 18.2 Å². The number of hydrogen-bond donors (Lipinski definition) is 4. The lowest BCUT2D eigenvalue weighted by Gasteiger charge is -1.89. The summed E-state index contributed by atoms with van der Waals surface area (Å²) in [7, 11) is 0. The Bertz CT molecular complexity index is 405. The van der Waals surface area contributed by atoms with E-state index >= 15 is 0 Å². The third-order valence-corrected chi connectivity index (χ3v) is 1.64. The minimum Gasteiger partial charge on any atom is -0.399 e. The molecule has 0 aliphatic carbocycles. The highest BCUT2D eigenvalue weighted by atomic mass is 15.3. The predicted octanol–water partition coefficient (Wildman–Crippen LogP) is 0.431. The van der Waals surface area contributed by atoms with Crippen LogP contribution in [0.5, 0.6) is 0 Å². The maximum atomic E-state index is 5.58. The van der Waals surface area contributed by atoms with E-state index in [1.54, 1.807) is 6.07 Å². The molecule has 5 heteroatoms. The fourth-order valence-electron chi connectivity index (χ4n) is 1.10. The quantitative estimate of drug-likeness (QED) is 0.278. The minimum absolute atomic E-state index is 0.538. The molecule has 0 aliphatic rings. The largest absolute Gasteiger partial charge is 0.399 e. The van der Waals surface area contributed by atoms with Crippen LogP contribution >= 0.6 is 0 Å². The Morgan fingerprint density at radius 3 is 3.00 bits per heavy atom. The number of imidazole rings is 1. The molecule has 2 aromatic rings. The molecule has 1 heterocycles. The van der Waals surface area contributed by atoms with Crippen LogP contribution in [0.3, 0.4) is 0 Å². The van der Waals surface area contributed by atoms with E-state index in [2.05, 4.69) is 15.4 Å². The van der Waals surface area contributed by atoms with Gasteiger partial charge < -0.3 is 10.7 Å². The van der Waals surface area contributed by atoms with E-state index < -0.39 is 0 Å². The summed E-state index contributed by atoms with van der Waals surface area (Å²) in [6, 6.07) is 5.44. The molecule has 0 fully saturated rings. The third kappa shape index (κ3) is 0.960. The summed E-state index contributed by atoms with van der Waals surface area (Å²) in [4.78, 5) is 7.08. The first-order valence-corrected chi connectivity index (χ1v) is 3.51. The maximum absolute atomic E-state index is 5.58. The Labute approximate surface area is 68.7 Å². The van der Waals surface area contributed by atoms with E-state index in [1.165, 1.54) is 0 Å². The van der Waals surface area contributed by atoms with Gasteiger partial charge in [-0.1, -0.05) is 0 Å². The molecule has 0 amide bonds. The van der Waals surface area contributed by atoms with Crippen LogP contribution in [0.1, 0.15) is 0 Å². The predicted molar refractivity (Wildman–Crippen MR) is 48.3 cm³/mol. The molecule has 2 rings (SSSR count). The number of nitrogens with zero attached hydrogens (tertiary/aromatic N) is 1. The van der Waals surface area contributed by atoms with Crippen molar-refractivity contribution in [1.29, 1.82) is 0 Å². The summed E-state index contributed by atoms with van der Waals surface area (Å²) in [5, 5.41) is 0. The molecule has 5 nitrogen and oxygen atoms in total. The number of H-pyrrole nitrogens is 1. The van der Waals surface area contributed by atoms with Gasteiger partial charge in [-0.05, 0) is 18.2 Å². The van der Waals surface area contributed by atoms with Crippen molar-refractivity contribution < 1.29 is 0 Å². The van der Waals surface area contributed by atoms with Crippen LogP contribution in [0.25, 0.3) is 11.0 Å². The summed E-state index contributed by atoms with van der Waals surface area (Å²) in [6.45, 7) is 0. The number of aromatic amines is 1. The molecular weight excluding hydrogens is 154 g/mol. The molecule has 1 aromatic carbocycles. The van der Waals surface area contributed by atoms with Gasteiger partial charge in [0.05, 0.1) is 11.0 Å². The SMILES string of the molecule is NNc1nc2ccc(N)cc2[nH]1. The van der Waals surface area contributed by atoms with Gasteiger partial charge in [0.2, 0.25) is 5.95 Å². The number of aromatic nitrogens is 2. The second kappa shape index (κ2) is 2.38. The fourth-order valence-corrected chi connectivity index (χ4v) is 1.10. The summed E-state index contributed by atoms with van der Waals surface area (Å²) in [5.74, 6) is 5.71. The highest BCUT2D eigenvalue weighted by Gasteiger charge is 1.99. The lowest BCUT2D eigenvalue weighted by atomic mass is 10.3. The smallest absolute Gasteiger partial charge is 0.215 e. The van der Waals surface area contributed by atoms with Gasteiger partial charge in [0.25, 0.3) is 0 Å². The number of rotatable bonds is 1. The number of benzene rings is 1. The van der Waals surface area contributed by atoms with E-state index in [4.69, 9.17) is 11.6 Å². The Kier molecular flexibility index (Phi) is 1.38. The monoisotopic (exact) mass is 163 g/mol. The molecule has 0 saturated carbocycles. The molecule has 0 unspecified atom stereocenters. The molecule has 0 saturated heterocycles. The Hall–Kier alpha value is -1.75. The number of nitrogen functional groups attached to an aromatic ring is 2. The van der Waals surface area contributed by atoms with Crippen molar-refractivity contribution in [2.75, 3.05) is 11.2 Å². The van der Waals surface area contributed by atoms with Crippen molar-refractivity contribution in [2.24, 2.45) is 5.84 Å². The maximum Gasteiger partial charge on any atom is 0.215 e. The van der Waals surface area contributed by atoms with E-state index in [0.29, 0.717) is 11.6 Å². The highest BCUT2D eigenvalue weighted by molar-refractivity contribution is 5.80. The zero-order chi connectivity index (χ0) is 8.55. The molecule has 0 radical (unpaired) electrons. The molecule has 0 atom stereocenters. The van der Waals surface area contributed by atoms with E-state index in [0.717, 1.165) is 11.0 Å². The number of nitrogens with one attached hydrogen (secondary N) is 2. The van der Waals surface area contributed by atoms with Crippen LogP contribution in [-0.4, -0.2) is 9.97 Å². The molecule has 0 aliphatic heterocycles. The highest BCUT2D eigenvalue weighted by Crippen LogP contribution is 2.16. The van der Waals surface area contributed by atoms with Crippen LogP contribution in [0.4, 0.5) is 11.6 Å². The van der Waals surface area contributed by atoms with Crippen molar-refractivity contribution in [3.05, 3.63) is 18.2 Å². The first kappa shape index (κ1) is 6.93. The Morgan fingerprint density at radius 2 is 2.25 bits per heavy atom. The third-order valence-electron chi connectivity index (χ3n) is 1.64. The number of hydrogen-bond acceptors (Lipinski definition) is 4. The van der Waals surface area contributed by atoms with Gasteiger partial charge in [0.15, 0.2) is 0 Å². The van der Waals surface area contributed by atoms with Crippen molar-refractivity contribution in [3.63, 3.8) is 0 Å². The molecule has 0 bridgehead atoms. The van der Waals surface area contributed by atoms with Gasteiger partial charge in [-0.15, -0.1) is 0 Å². The second-order valence-corrected chi connectivity index (χ2v) is 2.51. The average Bonchev–Trinajstić information content (AvgIpc) is 2.46. The van der Waals surface area contributed by atoms with Crippen LogP contribution < -0.4 is 17.0 Å². The van der Waals surface area contributed by atoms with Crippen molar-refractivity contribution in [2.45, 2.75) is 0 Å². The molecule has 12 heavy (non-hydrogen) atoms. The van der Waals surface area contributed by atoms with E-state index in [1.807, 2.05) is 12.1 Å². The summed E-state index contributed by atoms with van der Waals surface area (Å²) in [6.07, 6.45) is 0. The minimum atomic E-state index is 0.538. The Balaban J connectivity index is 2.67. The lowest BCUT2D eigenvalue weighted by Crippen LogP contribution is -2.07. The van der Waals surface area contributed by atoms with Crippen molar-refractivity contribution in [1.82, 2.24) is 9.97 Å². The van der Waals surface area contributed by atoms with Crippen molar-refractivity contribution >= 4 is 22.7 Å². The molecule has 6 N–H and O–H groups in total. The molecule has 0 spiro atoms. The zero-order valence-electron chi connectivity index (χ0n) is 6.33. The Morgan fingerprint density at radius 1 is 1.42 bits per heavy atom.